The summed E-state index contributed by atoms with van der Waals surface area (Å²) in [5.41, 5.74) is 0.257. The average Bonchev–Trinajstić information content (AvgIpc) is 2.18. The van der Waals surface area contributed by atoms with E-state index >= 15 is 0 Å². The molecule has 0 aromatic carbocycles. The normalized spacial score (nSPS) is 27.2. The van der Waals surface area contributed by atoms with E-state index in [9.17, 15) is 5.11 Å². The van der Waals surface area contributed by atoms with Gasteiger partial charge >= 0.3 is 0 Å². The first-order chi connectivity index (χ1) is 7.36. The van der Waals surface area contributed by atoms with E-state index in [-0.39, 0.29) is 5.54 Å². The third-order valence-corrected chi connectivity index (χ3v) is 3.30. The number of rotatable bonds is 1. The minimum absolute atomic E-state index is 0.257. The fourth-order valence-electron chi connectivity index (χ4n) is 2.00. The Morgan fingerprint density at radius 1 is 1.25 bits per heavy atom. The molecular formula is C14H31NO. The molecule has 0 saturated carbocycles. The Labute approximate surface area is 102 Å². The van der Waals surface area contributed by atoms with Crippen LogP contribution < -0.4 is 0 Å². The molecule has 1 aliphatic heterocycles. The molecule has 1 saturated heterocycles. The summed E-state index contributed by atoms with van der Waals surface area (Å²) in [7, 11) is 0. The van der Waals surface area contributed by atoms with Gasteiger partial charge in [-0.05, 0) is 45.6 Å². The SMILES string of the molecule is CCC.C[C@@H]1CCN(C(C)(C)C)CC1CO. The van der Waals surface area contributed by atoms with Crippen molar-refractivity contribution in [3.63, 3.8) is 0 Å². The highest BCUT2D eigenvalue weighted by Crippen LogP contribution is 2.27. The third-order valence-electron chi connectivity index (χ3n) is 3.30. The molecule has 16 heavy (non-hydrogen) atoms. The fourth-order valence-corrected chi connectivity index (χ4v) is 2.00. The van der Waals surface area contributed by atoms with Crippen LogP contribution in [0.3, 0.4) is 0 Å². The van der Waals surface area contributed by atoms with Crippen LogP contribution in [0.5, 0.6) is 0 Å². The highest BCUT2D eigenvalue weighted by atomic mass is 16.3. The molecule has 2 heteroatoms. The Kier molecular flexibility index (Phi) is 7.25. The maximum Gasteiger partial charge on any atom is 0.0474 e. The third kappa shape index (κ3) is 5.31. The Morgan fingerprint density at radius 3 is 2.12 bits per heavy atom. The molecule has 1 N–H and O–H groups in total. The molecule has 0 aliphatic carbocycles. The predicted molar refractivity (Wildman–Crippen MR) is 71.6 cm³/mol. The summed E-state index contributed by atoms with van der Waals surface area (Å²) in [5.74, 6) is 1.16. The first kappa shape index (κ1) is 15.9. The smallest absolute Gasteiger partial charge is 0.0474 e. The number of likely N-dealkylation sites (tertiary alicyclic amines) is 1. The summed E-state index contributed by atoms with van der Waals surface area (Å²) in [6, 6.07) is 0. The first-order valence-electron chi connectivity index (χ1n) is 6.72. The van der Waals surface area contributed by atoms with E-state index in [4.69, 9.17) is 0 Å². The van der Waals surface area contributed by atoms with Gasteiger partial charge < -0.3 is 5.11 Å². The summed E-state index contributed by atoms with van der Waals surface area (Å²) < 4.78 is 0. The van der Waals surface area contributed by atoms with Crippen LogP contribution in [0.1, 0.15) is 54.4 Å². The first-order valence-corrected chi connectivity index (χ1v) is 6.72. The van der Waals surface area contributed by atoms with Gasteiger partial charge in [0.2, 0.25) is 0 Å². The highest BCUT2D eigenvalue weighted by molar-refractivity contribution is 4.84. The molecule has 1 aliphatic rings. The lowest BCUT2D eigenvalue weighted by Crippen LogP contribution is -2.50. The number of hydrogen-bond donors (Lipinski definition) is 1. The van der Waals surface area contributed by atoms with Gasteiger partial charge in [-0.3, -0.25) is 4.90 Å². The van der Waals surface area contributed by atoms with Gasteiger partial charge in [0.15, 0.2) is 0 Å². The Balaban J connectivity index is 0.000000673. The Morgan fingerprint density at radius 2 is 1.75 bits per heavy atom. The van der Waals surface area contributed by atoms with Crippen LogP contribution in [0, 0.1) is 11.8 Å². The zero-order valence-electron chi connectivity index (χ0n) is 12.1. The lowest BCUT2D eigenvalue weighted by Gasteiger charge is -2.43. The quantitative estimate of drug-likeness (QED) is 0.746. The van der Waals surface area contributed by atoms with Crippen molar-refractivity contribution in [3.05, 3.63) is 0 Å². The van der Waals surface area contributed by atoms with E-state index in [2.05, 4.69) is 46.4 Å². The maximum absolute atomic E-state index is 9.22. The van der Waals surface area contributed by atoms with E-state index in [1.807, 2.05) is 0 Å². The molecule has 0 aromatic rings. The van der Waals surface area contributed by atoms with Crippen molar-refractivity contribution in [3.8, 4) is 0 Å². The van der Waals surface area contributed by atoms with E-state index in [1.54, 1.807) is 0 Å². The molecule has 0 spiro atoms. The van der Waals surface area contributed by atoms with Crippen molar-refractivity contribution >= 4 is 0 Å². The van der Waals surface area contributed by atoms with Gasteiger partial charge in [-0.25, -0.2) is 0 Å². The minimum Gasteiger partial charge on any atom is -0.396 e. The molecule has 1 unspecified atom stereocenters. The van der Waals surface area contributed by atoms with Gasteiger partial charge in [0, 0.05) is 18.7 Å². The Bertz CT molecular complexity index is 174. The molecule has 0 aromatic heterocycles. The van der Waals surface area contributed by atoms with E-state index in [0.29, 0.717) is 18.4 Å². The monoisotopic (exact) mass is 229 g/mol. The van der Waals surface area contributed by atoms with Crippen LogP contribution in [0.2, 0.25) is 0 Å². The lowest BCUT2D eigenvalue weighted by atomic mass is 9.85. The molecule has 1 rings (SSSR count). The van der Waals surface area contributed by atoms with Crippen LogP contribution >= 0.6 is 0 Å². The highest BCUT2D eigenvalue weighted by Gasteiger charge is 2.31. The standard InChI is InChI=1S/C11H23NO.C3H8/c1-9-5-6-12(11(2,3)4)7-10(9)8-13;1-3-2/h9-10,13H,5-8H2,1-4H3;3H2,1-2H3/t9-,10?;/m1./s1. The van der Waals surface area contributed by atoms with Crippen LogP contribution in [0.15, 0.2) is 0 Å². The Hall–Kier alpha value is -0.0800. The van der Waals surface area contributed by atoms with E-state index in [1.165, 1.54) is 19.4 Å². The summed E-state index contributed by atoms with van der Waals surface area (Å²) in [5, 5.41) is 9.22. The number of hydrogen-bond acceptors (Lipinski definition) is 2. The van der Waals surface area contributed by atoms with Gasteiger partial charge in [-0.15, -0.1) is 0 Å². The van der Waals surface area contributed by atoms with Crippen molar-refractivity contribution < 1.29 is 5.11 Å². The largest absolute Gasteiger partial charge is 0.396 e. The molecule has 2 atom stereocenters. The van der Waals surface area contributed by atoms with Gasteiger partial charge in [-0.2, -0.15) is 0 Å². The van der Waals surface area contributed by atoms with Crippen molar-refractivity contribution in [1.82, 2.24) is 4.90 Å². The summed E-state index contributed by atoms with van der Waals surface area (Å²) in [6.07, 6.45) is 2.47. The average molecular weight is 229 g/mol. The molecule has 1 heterocycles. The number of aliphatic hydroxyl groups excluding tert-OH is 1. The minimum atomic E-state index is 0.257. The van der Waals surface area contributed by atoms with E-state index < -0.39 is 0 Å². The second-order valence-corrected chi connectivity index (χ2v) is 6.03. The molecule has 98 valence electrons. The predicted octanol–water partition coefficient (Wildman–Crippen LogP) is 3.15. The van der Waals surface area contributed by atoms with Gasteiger partial charge in [-0.1, -0.05) is 27.2 Å². The lowest BCUT2D eigenvalue weighted by molar-refractivity contribution is 0.0276. The van der Waals surface area contributed by atoms with Crippen LogP contribution in [-0.2, 0) is 0 Å². The maximum atomic E-state index is 9.22. The van der Waals surface area contributed by atoms with E-state index in [0.717, 1.165) is 6.54 Å². The van der Waals surface area contributed by atoms with Crippen LogP contribution in [-0.4, -0.2) is 35.2 Å². The second-order valence-electron chi connectivity index (χ2n) is 6.03. The fraction of sp³-hybridized carbons (Fsp3) is 1.00. The number of nitrogens with zero attached hydrogens (tertiary/aromatic N) is 1. The molecule has 0 bridgehead atoms. The zero-order chi connectivity index (χ0) is 12.8. The molecule has 1 fully saturated rings. The molecule has 2 nitrogen and oxygen atoms in total. The summed E-state index contributed by atoms with van der Waals surface area (Å²) in [6.45, 7) is 15.8. The zero-order valence-corrected chi connectivity index (χ0v) is 12.1. The van der Waals surface area contributed by atoms with Crippen molar-refractivity contribution in [1.29, 1.82) is 0 Å². The molecular weight excluding hydrogens is 198 g/mol. The van der Waals surface area contributed by atoms with Crippen LogP contribution in [0.4, 0.5) is 0 Å². The van der Waals surface area contributed by atoms with Gasteiger partial charge in [0.1, 0.15) is 0 Å². The molecule has 0 radical (unpaired) electrons. The topological polar surface area (TPSA) is 23.5 Å². The number of piperidine rings is 1. The van der Waals surface area contributed by atoms with Crippen molar-refractivity contribution in [2.75, 3.05) is 19.7 Å². The molecule has 0 amide bonds. The van der Waals surface area contributed by atoms with Crippen molar-refractivity contribution in [2.24, 2.45) is 11.8 Å². The summed E-state index contributed by atoms with van der Waals surface area (Å²) >= 11 is 0. The second kappa shape index (κ2) is 7.29. The van der Waals surface area contributed by atoms with Gasteiger partial charge in [0.25, 0.3) is 0 Å². The van der Waals surface area contributed by atoms with Gasteiger partial charge in [0.05, 0.1) is 0 Å². The van der Waals surface area contributed by atoms with Crippen LogP contribution in [0.25, 0.3) is 0 Å². The van der Waals surface area contributed by atoms with Crippen molar-refractivity contribution in [2.45, 2.75) is 59.9 Å². The summed E-state index contributed by atoms with van der Waals surface area (Å²) in [4.78, 5) is 2.48. The number of aliphatic hydroxyl groups is 1.